The highest BCUT2D eigenvalue weighted by molar-refractivity contribution is 5.90. The average molecular weight is 288 g/mol. The third-order valence-electron chi connectivity index (χ3n) is 2.89. The number of nitrogens with two attached hydrogens (primary N) is 1. The van der Waals surface area contributed by atoms with Gasteiger partial charge in [-0.15, -0.1) is 0 Å². The summed E-state index contributed by atoms with van der Waals surface area (Å²) in [6, 6.07) is 7.34. The molecule has 0 atom stereocenters. The standard InChI is InChI=1S/C15H20N4O2/c1-11(2)19-10-13(9-17-19)18-15(20)7-8-21-14-5-3-12(16)4-6-14/h3-6,9-11H,7-8,16H2,1-2H3,(H,18,20). The van der Waals surface area contributed by atoms with Crippen molar-refractivity contribution in [2.24, 2.45) is 0 Å². The van der Waals surface area contributed by atoms with Crippen molar-refractivity contribution in [2.75, 3.05) is 17.7 Å². The first kappa shape index (κ1) is 14.9. The summed E-state index contributed by atoms with van der Waals surface area (Å²) in [6.45, 7) is 4.37. The Labute approximate surface area is 123 Å². The van der Waals surface area contributed by atoms with Crippen LogP contribution in [-0.2, 0) is 4.79 Å². The number of rotatable bonds is 6. The van der Waals surface area contributed by atoms with Crippen LogP contribution in [0.5, 0.6) is 5.75 Å². The van der Waals surface area contributed by atoms with Crippen LogP contribution in [0.2, 0.25) is 0 Å². The molecule has 6 heteroatoms. The van der Waals surface area contributed by atoms with Gasteiger partial charge in [-0.05, 0) is 38.1 Å². The topological polar surface area (TPSA) is 82.2 Å². The van der Waals surface area contributed by atoms with Crippen molar-refractivity contribution in [3.63, 3.8) is 0 Å². The summed E-state index contributed by atoms with van der Waals surface area (Å²) < 4.78 is 7.27. The second-order valence-corrected chi connectivity index (χ2v) is 5.02. The molecule has 0 aliphatic rings. The van der Waals surface area contributed by atoms with Gasteiger partial charge in [0.05, 0.1) is 24.9 Å². The Morgan fingerprint density at radius 2 is 2.10 bits per heavy atom. The molecule has 0 aliphatic carbocycles. The highest BCUT2D eigenvalue weighted by atomic mass is 16.5. The maximum absolute atomic E-state index is 11.8. The minimum absolute atomic E-state index is 0.103. The first-order chi connectivity index (χ1) is 10.0. The summed E-state index contributed by atoms with van der Waals surface area (Å²) in [7, 11) is 0. The van der Waals surface area contributed by atoms with Gasteiger partial charge in [0.15, 0.2) is 0 Å². The minimum atomic E-state index is -0.103. The smallest absolute Gasteiger partial charge is 0.227 e. The van der Waals surface area contributed by atoms with E-state index in [2.05, 4.69) is 10.4 Å². The maximum atomic E-state index is 11.8. The van der Waals surface area contributed by atoms with E-state index < -0.39 is 0 Å². The van der Waals surface area contributed by atoms with E-state index in [1.807, 2.05) is 20.0 Å². The highest BCUT2D eigenvalue weighted by Gasteiger charge is 2.06. The number of hydrogen-bond acceptors (Lipinski definition) is 4. The number of nitrogens with one attached hydrogen (secondary N) is 1. The lowest BCUT2D eigenvalue weighted by molar-refractivity contribution is -0.116. The van der Waals surface area contributed by atoms with Crippen LogP contribution in [0, 0.1) is 0 Å². The number of carbonyl (C=O) groups is 1. The molecular formula is C15H20N4O2. The van der Waals surface area contributed by atoms with E-state index in [1.54, 1.807) is 35.1 Å². The molecule has 0 saturated carbocycles. The molecule has 0 unspecified atom stereocenters. The van der Waals surface area contributed by atoms with Crippen molar-refractivity contribution >= 4 is 17.3 Å². The number of ether oxygens (including phenoxy) is 1. The molecule has 1 heterocycles. The summed E-state index contributed by atoms with van der Waals surface area (Å²) in [5.74, 6) is 0.596. The largest absolute Gasteiger partial charge is 0.493 e. The lowest BCUT2D eigenvalue weighted by Gasteiger charge is -2.06. The fourth-order valence-corrected chi connectivity index (χ4v) is 1.73. The summed E-state index contributed by atoms with van der Waals surface area (Å²) in [4.78, 5) is 11.8. The first-order valence-corrected chi connectivity index (χ1v) is 6.87. The number of amides is 1. The zero-order valence-corrected chi connectivity index (χ0v) is 12.2. The van der Waals surface area contributed by atoms with Gasteiger partial charge in [0, 0.05) is 17.9 Å². The summed E-state index contributed by atoms with van der Waals surface area (Å²) in [5.41, 5.74) is 6.96. The quantitative estimate of drug-likeness (QED) is 0.800. The van der Waals surface area contributed by atoms with Gasteiger partial charge < -0.3 is 15.8 Å². The monoisotopic (exact) mass is 288 g/mol. The molecule has 0 fully saturated rings. The molecular weight excluding hydrogens is 268 g/mol. The van der Waals surface area contributed by atoms with Crippen molar-refractivity contribution in [1.82, 2.24) is 9.78 Å². The van der Waals surface area contributed by atoms with Crippen molar-refractivity contribution in [3.8, 4) is 5.75 Å². The predicted octanol–water partition coefficient (Wildman–Crippen LogP) is 2.45. The predicted molar refractivity (Wildman–Crippen MR) is 82.2 cm³/mol. The van der Waals surface area contributed by atoms with Crippen LogP contribution in [-0.4, -0.2) is 22.3 Å². The fraction of sp³-hybridized carbons (Fsp3) is 0.333. The van der Waals surface area contributed by atoms with Gasteiger partial charge in [-0.1, -0.05) is 0 Å². The third-order valence-corrected chi connectivity index (χ3v) is 2.89. The molecule has 1 aromatic carbocycles. The van der Waals surface area contributed by atoms with Gasteiger partial charge in [-0.3, -0.25) is 9.48 Å². The molecule has 1 aromatic heterocycles. The minimum Gasteiger partial charge on any atom is -0.493 e. The van der Waals surface area contributed by atoms with E-state index >= 15 is 0 Å². The van der Waals surface area contributed by atoms with E-state index in [0.717, 1.165) is 0 Å². The maximum Gasteiger partial charge on any atom is 0.227 e. The Morgan fingerprint density at radius 1 is 1.38 bits per heavy atom. The Kier molecular flexibility index (Phi) is 4.81. The van der Waals surface area contributed by atoms with Gasteiger partial charge in [0.25, 0.3) is 0 Å². The van der Waals surface area contributed by atoms with Gasteiger partial charge in [-0.25, -0.2) is 0 Å². The van der Waals surface area contributed by atoms with Crippen LogP contribution < -0.4 is 15.8 Å². The van der Waals surface area contributed by atoms with E-state index in [-0.39, 0.29) is 18.4 Å². The van der Waals surface area contributed by atoms with Crippen LogP contribution in [0.4, 0.5) is 11.4 Å². The molecule has 112 valence electrons. The zero-order chi connectivity index (χ0) is 15.2. The van der Waals surface area contributed by atoms with Crippen molar-refractivity contribution in [1.29, 1.82) is 0 Å². The molecule has 0 aliphatic heterocycles. The first-order valence-electron chi connectivity index (χ1n) is 6.87. The van der Waals surface area contributed by atoms with Crippen LogP contribution in [0.1, 0.15) is 26.3 Å². The molecule has 0 bridgehead atoms. The zero-order valence-electron chi connectivity index (χ0n) is 12.2. The van der Waals surface area contributed by atoms with Crippen LogP contribution in [0.15, 0.2) is 36.7 Å². The number of hydrogen-bond donors (Lipinski definition) is 2. The van der Waals surface area contributed by atoms with E-state index in [9.17, 15) is 4.79 Å². The second-order valence-electron chi connectivity index (χ2n) is 5.02. The molecule has 6 nitrogen and oxygen atoms in total. The number of carbonyl (C=O) groups excluding carboxylic acids is 1. The van der Waals surface area contributed by atoms with E-state index in [4.69, 9.17) is 10.5 Å². The Morgan fingerprint density at radius 3 is 2.71 bits per heavy atom. The summed E-state index contributed by atoms with van der Waals surface area (Å²) in [5, 5.41) is 6.95. The molecule has 2 aromatic rings. The Hall–Kier alpha value is -2.50. The van der Waals surface area contributed by atoms with Crippen molar-refractivity contribution in [2.45, 2.75) is 26.3 Å². The van der Waals surface area contributed by atoms with Gasteiger partial charge in [0.2, 0.25) is 5.91 Å². The number of anilines is 2. The lowest BCUT2D eigenvalue weighted by atomic mass is 10.3. The molecule has 0 spiro atoms. The number of benzene rings is 1. The Balaban J connectivity index is 1.75. The van der Waals surface area contributed by atoms with Crippen molar-refractivity contribution in [3.05, 3.63) is 36.7 Å². The molecule has 21 heavy (non-hydrogen) atoms. The third kappa shape index (κ3) is 4.52. The number of nitrogens with zero attached hydrogens (tertiary/aromatic N) is 2. The SMILES string of the molecule is CC(C)n1cc(NC(=O)CCOc2ccc(N)cc2)cn1. The van der Waals surface area contributed by atoms with Gasteiger partial charge in [-0.2, -0.15) is 5.10 Å². The van der Waals surface area contributed by atoms with E-state index in [0.29, 0.717) is 23.7 Å². The summed E-state index contributed by atoms with van der Waals surface area (Å²) in [6.07, 6.45) is 3.72. The van der Waals surface area contributed by atoms with Crippen molar-refractivity contribution < 1.29 is 9.53 Å². The molecule has 0 radical (unpaired) electrons. The Bertz CT molecular complexity index is 590. The lowest BCUT2D eigenvalue weighted by Crippen LogP contribution is -2.14. The molecule has 1 amide bonds. The van der Waals surface area contributed by atoms with Crippen LogP contribution >= 0.6 is 0 Å². The second kappa shape index (κ2) is 6.78. The van der Waals surface area contributed by atoms with Gasteiger partial charge in [0.1, 0.15) is 5.75 Å². The number of nitrogen functional groups attached to an aromatic ring is 1. The molecule has 2 rings (SSSR count). The van der Waals surface area contributed by atoms with Crippen LogP contribution in [0.3, 0.4) is 0 Å². The molecule has 0 saturated heterocycles. The fourth-order valence-electron chi connectivity index (χ4n) is 1.73. The average Bonchev–Trinajstić information content (AvgIpc) is 2.90. The van der Waals surface area contributed by atoms with Crippen LogP contribution in [0.25, 0.3) is 0 Å². The van der Waals surface area contributed by atoms with Gasteiger partial charge >= 0.3 is 0 Å². The molecule has 3 N–H and O–H groups in total. The number of aromatic nitrogens is 2. The highest BCUT2D eigenvalue weighted by Crippen LogP contribution is 2.13. The normalized spacial score (nSPS) is 10.6. The summed E-state index contributed by atoms with van der Waals surface area (Å²) >= 11 is 0. The van der Waals surface area contributed by atoms with E-state index in [1.165, 1.54) is 0 Å².